The van der Waals surface area contributed by atoms with Crippen molar-refractivity contribution in [2.24, 2.45) is 0 Å². The molecule has 1 N–H and O–H groups in total. The number of nitrogens with zero attached hydrogens (tertiary/aromatic N) is 2. The summed E-state index contributed by atoms with van der Waals surface area (Å²) in [5, 5.41) is 2.60. The van der Waals surface area contributed by atoms with Crippen LogP contribution in [0.5, 0.6) is 0 Å². The first-order valence-electron chi connectivity index (χ1n) is 9.86. The smallest absolute Gasteiger partial charge is 0.244 e. The van der Waals surface area contributed by atoms with Crippen LogP contribution in [0.1, 0.15) is 24.5 Å². The SMILES string of the molecule is CC[C@H](C(=O)NC)N(Cc1cccc(C)c1)C(=O)CN(c1ccc(I)cc1)S(C)(=O)=O. The van der Waals surface area contributed by atoms with E-state index in [1.807, 2.05) is 38.1 Å². The highest BCUT2D eigenvalue weighted by Crippen LogP contribution is 2.21. The van der Waals surface area contributed by atoms with Crippen LogP contribution in [0.2, 0.25) is 0 Å². The van der Waals surface area contributed by atoms with Crippen LogP contribution in [0, 0.1) is 10.5 Å². The van der Waals surface area contributed by atoms with Gasteiger partial charge >= 0.3 is 0 Å². The van der Waals surface area contributed by atoms with E-state index in [0.717, 1.165) is 25.3 Å². The van der Waals surface area contributed by atoms with Crippen LogP contribution in [0.4, 0.5) is 5.69 Å². The summed E-state index contributed by atoms with van der Waals surface area (Å²) < 4.78 is 27.0. The second kappa shape index (κ2) is 10.9. The van der Waals surface area contributed by atoms with Gasteiger partial charge in [-0.1, -0.05) is 36.8 Å². The monoisotopic (exact) mass is 557 g/mol. The van der Waals surface area contributed by atoms with Gasteiger partial charge in [0.15, 0.2) is 0 Å². The number of nitrogens with one attached hydrogen (secondary N) is 1. The number of rotatable bonds is 9. The third kappa shape index (κ3) is 6.93. The Kier molecular flexibility index (Phi) is 8.87. The van der Waals surface area contributed by atoms with Gasteiger partial charge in [0.1, 0.15) is 12.6 Å². The molecule has 2 aromatic carbocycles. The summed E-state index contributed by atoms with van der Waals surface area (Å²) in [6, 6.07) is 13.9. The third-order valence-corrected chi connectivity index (χ3v) is 6.72. The zero-order valence-electron chi connectivity index (χ0n) is 18.1. The van der Waals surface area contributed by atoms with Crippen molar-refractivity contribution in [3.8, 4) is 0 Å². The van der Waals surface area contributed by atoms with Gasteiger partial charge in [0.25, 0.3) is 0 Å². The number of likely N-dealkylation sites (N-methyl/N-ethyl adjacent to an activating group) is 1. The zero-order chi connectivity index (χ0) is 23.2. The molecule has 2 amide bonds. The summed E-state index contributed by atoms with van der Waals surface area (Å²) in [5.41, 5.74) is 2.31. The number of hydrogen-bond donors (Lipinski definition) is 1. The van der Waals surface area contributed by atoms with E-state index in [4.69, 9.17) is 0 Å². The average molecular weight is 557 g/mol. The van der Waals surface area contributed by atoms with Crippen LogP contribution < -0.4 is 9.62 Å². The predicted octanol–water partition coefficient (Wildman–Crippen LogP) is 2.92. The molecule has 168 valence electrons. The molecule has 0 aliphatic rings. The summed E-state index contributed by atoms with van der Waals surface area (Å²) in [6.45, 7) is 3.59. The van der Waals surface area contributed by atoms with Gasteiger partial charge < -0.3 is 10.2 Å². The van der Waals surface area contributed by atoms with Crippen molar-refractivity contribution in [2.75, 3.05) is 24.2 Å². The number of halogens is 1. The summed E-state index contributed by atoms with van der Waals surface area (Å²) in [7, 11) is -2.19. The quantitative estimate of drug-likeness (QED) is 0.481. The molecule has 0 saturated carbocycles. The first-order chi connectivity index (χ1) is 14.6. The van der Waals surface area contributed by atoms with Crippen LogP contribution in [-0.2, 0) is 26.2 Å². The van der Waals surface area contributed by atoms with E-state index < -0.39 is 28.5 Å². The van der Waals surface area contributed by atoms with E-state index in [1.165, 1.54) is 11.9 Å². The Labute approximate surface area is 198 Å². The molecule has 9 heteroatoms. The summed E-state index contributed by atoms with van der Waals surface area (Å²) >= 11 is 2.13. The van der Waals surface area contributed by atoms with Gasteiger partial charge in [-0.25, -0.2) is 8.42 Å². The summed E-state index contributed by atoms with van der Waals surface area (Å²) in [6.07, 6.45) is 1.47. The van der Waals surface area contributed by atoms with Crippen LogP contribution >= 0.6 is 22.6 Å². The van der Waals surface area contributed by atoms with Gasteiger partial charge in [0.05, 0.1) is 11.9 Å². The number of sulfonamides is 1. The molecule has 0 spiro atoms. The Balaban J connectivity index is 2.41. The van der Waals surface area contributed by atoms with Crippen LogP contribution in [0.25, 0.3) is 0 Å². The fraction of sp³-hybridized carbons (Fsp3) is 0.364. The van der Waals surface area contributed by atoms with Crippen molar-refractivity contribution in [3.05, 3.63) is 63.2 Å². The molecule has 2 rings (SSSR count). The fourth-order valence-electron chi connectivity index (χ4n) is 3.31. The van der Waals surface area contributed by atoms with Crippen molar-refractivity contribution in [3.63, 3.8) is 0 Å². The van der Waals surface area contributed by atoms with Crippen molar-refractivity contribution < 1.29 is 18.0 Å². The Morgan fingerprint density at radius 2 is 1.77 bits per heavy atom. The van der Waals surface area contributed by atoms with E-state index in [1.54, 1.807) is 24.3 Å². The predicted molar refractivity (Wildman–Crippen MR) is 131 cm³/mol. The topological polar surface area (TPSA) is 86.8 Å². The number of hydrogen-bond acceptors (Lipinski definition) is 4. The largest absolute Gasteiger partial charge is 0.357 e. The third-order valence-electron chi connectivity index (χ3n) is 4.86. The Morgan fingerprint density at radius 1 is 1.13 bits per heavy atom. The van der Waals surface area contributed by atoms with Gasteiger partial charge in [-0.15, -0.1) is 0 Å². The minimum Gasteiger partial charge on any atom is -0.357 e. The normalized spacial score (nSPS) is 12.2. The Hall–Kier alpha value is -2.14. The van der Waals surface area contributed by atoms with Crippen molar-refractivity contribution >= 4 is 50.1 Å². The maximum Gasteiger partial charge on any atom is 0.244 e. The van der Waals surface area contributed by atoms with Crippen LogP contribution in [0.15, 0.2) is 48.5 Å². The van der Waals surface area contributed by atoms with Gasteiger partial charge in [0, 0.05) is 17.2 Å². The van der Waals surface area contributed by atoms with Crippen molar-refractivity contribution in [2.45, 2.75) is 32.9 Å². The lowest BCUT2D eigenvalue weighted by atomic mass is 10.1. The molecule has 1 atom stereocenters. The van der Waals surface area contributed by atoms with E-state index in [-0.39, 0.29) is 12.5 Å². The zero-order valence-corrected chi connectivity index (χ0v) is 21.1. The van der Waals surface area contributed by atoms with E-state index in [9.17, 15) is 18.0 Å². The average Bonchev–Trinajstić information content (AvgIpc) is 2.71. The lowest BCUT2D eigenvalue weighted by Gasteiger charge is -2.32. The highest BCUT2D eigenvalue weighted by molar-refractivity contribution is 14.1. The van der Waals surface area contributed by atoms with Crippen LogP contribution in [0.3, 0.4) is 0 Å². The van der Waals surface area contributed by atoms with Crippen molar-refractivity contribution in [1.29, 1.82) is 0 Å². The maximum atomic E-state index is 13.4. The number of aryl methyl sites for hydroxylation is 1. The van der Waals surface area contributed by atoms with Crippen molar-refractivity contribution in [1.82, 2.24) is 10.2 Å². The van der Waals surface area contributed by atoms with Gasteiger partial charge in [-0.05, 0) is 65.8 Å². The molecule has 0 radical (unpaired) electrons. The number of anilines is 1. The molecule has 31 heavy (non-hydrogen) atoms. The lowest BCUT2D eigenvalue weighted by molar-refractivity contribution is -0.140. The molecular formula is C22H28IN3O4S. The molecule has 0 fully saturated rings. The molecular weight excluding hydrogens is 529 g/mol. The van der Waals surface area contributed by atoms with Gasteiger partial charge in [0.2, 0.25) is 21.8 Å². The molecule has 0 unspecified atom stereocenters. The Morgan fingerprint density at radius 3 is 2.29 bits per heavy atom. The summed E-state index contributed by atoms with van der Waals surface area (Å²) in [5.74, 6) is -0.732. The molecule has 0 heterocycles. The summed E-state index contributed by atoms with van der Waals surface area (Å²) in [4.78, 5) is 27.3. The minimum atomic E-state index is -3.71. The fourth-order valence-corrected chi connectivity index (χ4v) is 4.52. The maximum absolute atomic E-state index is 13.4. The molecule has 2 aromatic rings. The van der Waals surface area contributed by atoms with E-state index in [2.05, 4.69) is 27.9 Å². The minimum absolute atomic E-state index is 0.205. The van der Waals surface area contributed by atoms with Crippen LogP contribution in [-0.4, -0.2) is 51.0 Å². The van der Waals surface area contributed by atoms with Gasteiger partial charge in [-0.2, -0.15) is 0 Å². The number of carbonyl (C=O) groups is 2. The van der Waals surface area contributed by atoms with Gasteiger partial charge in [-0.3, -0.25) is 13.9 Å². The molecule has 0 saturated heterocycles. The second-order valence-corrected chi connectivity index (χ2v) is 10.4. The molecule has 7 nitrogen and oxygen atoms in total. The molecule has 0 aliphatic heterocycles. The Bertz CT molecular complexity index is 1030. The molecule has 0 bridgehead atoms. The van der Waals surface area contributed by atoms with E-state index in [0.29, 0.717) is 12.1 Å². The highest BCUT2D eigenvalue weighted by Gasteiger charge is 2.31. The number of amides is 2. The number of benzene rings is 2. The lowest BCUT2D eigenvalue weighted by Crippen LogP contribution is -2.51. The second-order valence-electron chi connectivity index (χ2n) is 7.30. The number of carbonyl (C=O) groups excluding carboxylic acids is 2. The van der Waals surface area contributed by atoms with E-state index >= 15 is 0 Å². The molecule has 0 aromatic heterocycles. The first-order valence-corrected chi connectivity index (χ1v) is 12.8. The first kappa shape index (κ1) is 25.1. The molecule has 0 aliphatic carbocycles. The standard InChI is InChI=1S/C22H28IN3O4S/c1-5-20(22(28)24-3)25(14-17-8-6-7-16(2)13-17)21(27)15-26(31(4,29)30)19-11-9-18(23)10-12-19/h6-13,20H,5,14-15H2,1-4H3,(H,24,28)/t20-/m1/s1. The highest BCUT2D eigenvalue weighted by atomic mass is 127.